The van der Waals surface area contributed by atoms with E-state index in [0.717, 1.165) is 25.3 Å². The van der Waals surface area contributed by atoms with Crippen molar-refractivity contribution in [1.29, 1.82) is 0 Å². The third-order valence-electron chi connectivity index (χ3n) is 2.46. The summed E-state index contributed by atoms with van der Waals surface area (Å²) in [4.78, 5) is 0. The van der Waals surface area contributed by atoms with Gasteiger partial charge in [-0.15, -0.1) is 0 Å². The zero-order chi connectivity index (χ0) is 11.1. The second kappa shape index (κ2) is 6.99. The summed E-state index contributed by atoms with van der Waals surface area (Å²) >= 11 is 0. The molecule has 1 rings (SSSR count). The third kappa shape index (κ3) is 5.92. The summed E-state index contributed by atoms with van der Waals surface area (Å²) in [6, 6.07) is 0. The van der Waals surface area contributed by atoms with E-state index < -0.39 is 0 Å². The standard InChI is InChI=1S/C12H23NO2/c1-10(2)9-14-7-6-13-8-12-5-4-11(3)15-12/h11-13H,1,4-9H2,2-3H3. The van der Waals surface area contributed by atoms with Gasteiger partial charge in [-0.05, 0) is 26.7 Å². The summed E-state index contributed by atoms with van der Waals surface area (Å²) < 4.78 is 11.1. The first-order chi connectivity index (χ1) is 7.18. The van der Waals surface area contributed by atoms with Gasteiger partial charge in [0, 0.05) is 13.1 Å². The van der Waals surface area contributed by atoms with Gasteiger partial charge in [-0.2, -0.15) is 0 Å². The van der Waals surface area contributed by atoms with E-state index in [-0.39, 0.29) is 0 Å². The van der Waals surface area contributed by atoms with Crippen LogP contribution >= 0.6 is 0 Å². The normalized spacial score (nSPS) is 25.7. The van der Waals surface area contributed by atoms with Gasteiger partial charge in [-0.25, -0.2) is 0 Å². The van der Waals surface area contributed by atoms with E-state index in [1.54, 1.807) is 0 Å². The van der Waals surface area contributed by atoms with Crippen LogP contribution in [0, 0.1) is 0 Å². The Morgan fingerprint density at radius 1 is 1.53 bits per heavy atom. The fourth-order valence-electron chi connectivity index (χ4n) is 1.69. The number of rotatable bonds is 7. The Balaban J connectivity index is 1.87. The predicted octanol–water partition coefficient (Wildman–Crippen LogP) is 1.74. The van der Waals surface area contributed by atoms with Crippen molar-refractivity contribution >= 4 is 0 Å². The quantitative estimate of drug-likeness (QED) is 0.516. The summed E-state index contributed by atoms with van der Waals surface area (Å²) in [6.07, 6.45) is 3.22. The SMILES string of the molecule is C=C(C)COCCNCC1CCC(C)O1. The molecule has 88 valence electrons. The van der Waals surface area contributed by atoms with E-state index >= 15 is 0 Å². The van der Waals surface area contributed by atoms with E-state index in [2.05, 4.69) is 18.8 Å². The zero-order valence-corrected chi connectivity index (χ0v) is 9.92. The van der Waals surface area contributed by atoms with Crippen molar-refractivity contribution in [3.05, 3.63) is 12.2 Å². The molecule has 1 heterocycles. The van der Waals surface area contributed by atoms with E-state index in [1.807, 2.05) is 6.92 Å². The second-order valence-electron chi connectivity index (χ2n) is 4.36. The molecule has 0 aromatic rings. The minimum absolute atomic E-state index is 0.404. The molecule has 3 nitrogen and oxygen atoms in total. The number of ether oxygens (including phenoxy) is 2. The molecule has 2 unspecified atom stereocenters. The third-order valence-corrected chi connectivity index (χ3v) is 2.46. The molecule has 0 spiro atoms. The number of hydrogen-bond acceptors (Lipinski definition) is 3. The van der Waals surface area contributed by atoms with Gasteiger partial charge in [0.05, 0.1) is 25.4 Å². The van der Waals surface area contributed by atoms with Gasteiger partial charge in [0.15, 0.2) is 0 Å². The van der Waals surface area contributed by atoms with Crippen LogP contribution in [-0.4, -0.2) is 38.5 Å². The van der Waals surface area contributed by atoms with E-state index in [4.69, 9.17) is 9.47 Å². The van der Waals surface area contributed by atoms with Crippen molar-refractivity contribution in [1.82, 2.24) is 5.32 Å². The Morgan fingerprint density at radius 2 is 2.33 bits per heavy atom. The van der Waals surface area contributed by atoms with Crippen molar-refractivity contribution in [2.24, 2.45) is 0 Å². The minimum Gasteiger partial charge on any atom is -0.376 e. The summed E-state index contributed by atoms with van der Waals surface area (Å²) in [6.45, 7) is 11.1. The van der Waals surface area contributed by atoms with Gasteiger partial charge in [-0.1, -0.05) is 12.2 Å². The highest BCUT2D eigenvalue weighted by Crippen LogP contribution is 2.17. The Labute approximate surface area is 92.8 Å². The molecule has 3 heteroatoms. The molecule has 1 aliphatic heterocycles. The molecule has 1 saturated heterocycles. The topological polar surface area (TPSA) is 30.5 Å². The van der Waals surface area contributed by atoms with Gasteiger partial charge in [0.2, 0.25) is 0 Å². The van der Waals surface area contributed by atoms with Gasteiger partial charge in [-0.3, -0.25) is 0 Å². The first kappa shape index (κ1) is 12.7. The van der Waals surface area contributed by atoms with Crippen LogP contribution in [0.2, 0.25) is 0 Å². The smallest absolute Gasteiger partial charge is 0.0704 e. The van der Waals surface area contributed by atoms with Crippen LogP contribution in [0.3, 0.4) is 0 Å². The molecule has 0 amide bonds. The van der Waals surface area contributed by atoms with E-state index in [1.165, 1.54) is 12.8 Å². The molecule has 0 aromatic carbocycles. The first-order valence-electron chi connectivity index (χ1n) is 5.77. The highest BCUT2D eigenvalue weighted by molar-refractivity contribution is 4.87. The second-order valence-corrected chi connectivity index (χ2v) is 4.36. The molecule has 15 heavy (non-hydrogen) atoms. The molecular formula is C12H23NO2. The highest BCUT2D eigenvalue weighted by Gasteiger charge is 2.20. The predicted molar refractivity (Wildman–Crippen MR) is 62.1 cm³/mol. The first-order valence-corrected chi connectivity index (χ1v) is 5.77. The fourth-order valence-corrected chi connectivity index (χ4v) is 1.69. The Bertz CT molecular complexity index is 194. The summed E-state index contributed by atoms with van der Waals surface area (Å²) in [5.41, 5.74) is 1.07. The number of hydrogen-bond donors (Lipinski definition) is 1. The Hall–Kier alpha value is -0.380. The van der Waals surface area contributed by atoms with Gasteiger partial charge >= 0.3 is 0 Å². The minimum atomic E-state index is 0.404. The van der Waals surface area contributed by atoms with Crippen LogP contribution in [0.5, 0.6) is 0 Å². The van der Waals surface area contributed by atoms with E-state index in [0.29, 0.717) is 18.8 Å². The molecule has 2 atom stereocenters. The lowest BCUT2D eigenvalue weighted by atomic mass is 10.2. The van der Waals surface area contributed by atoms with Crippen LogP contribution < -0.4 is 5.32 Å². The van der Waals surface area contributed by atoms with Crippen molar-refractivity contribution in [3.8, 4) is 0 Å². The van der Waals surface area contributed by atoms with Crippen LogP contribution in [0.15, 0.2) is 12.2 Å². The zero-order valence-electron chi connectivity index (χ0n) is 9.92. The van der Waals surface area contributed by atoms with Gasteiger partial charge < -0.3 is 14.8 Å². The number of nitrogens with one attached hydrogen (secondary N) is 1. The van der Waals surface area contributed by atoms with Crippen molar-refractivity contribution in [2.75, 3.05) is 26.3 Å². The maximum Gasteiger partial charge on any atom is 0.0704 e. The fraction of sp³-hybridized carbons (Fsp3) is 0.833. The molecule has 0 radical (unpaired) electrons. The molecule has 0 aliphatic carbocycles. The van der Waals surface area contributed by atoms with E-state index in [9.17, 15) is 0 Å². The summed E-state index contributed by atoms with van der Waals surface area (Å²) in [7, 11) is 0. The molecule has 0 bridgehead atoms. The average molecular weight is 213 g/mol. The maximum atomic E-state index is 5.69. The Morgan fingerprint density at radius 3 is 2.93 bits per heavy atom. The van der Waals surface area contributed by atoms with Crippen LogP contribution in [0.1, 0.15) is 26.7 Å². The van der Waals surface area contributed by atoms with Crippen LogP contribution in [0.25, 0.3) is 0 Å². The molecule has 1 aliphatic rings. The van der Waals surface area contributed by atoms with Crippen molar-refractivity contribution in [3.63, 3.8) is 0 Å². The molecule has 0 saturated carbocycles. The summed E-state index contributed by atoms with van der Waals surface area (Å²) in [5.74, 6) is 0. The van der Waals surface area contributed by atoms with Gasteiger partial charge in [0.25, 0.3) is 0 Å². The van der Waals surface area contributed by atoms with Gasteiger partial charge in [0.1, 0.15) is 0 Å². The Kier molecular flexibility index (Phi) is 5.91. The highest BCUT2D eigenvalue weighted by atomic mass is 16.5. The van der Waals surface area contributed by atoms with Crippen molar-refractivity contribution < 1.29 is 9.47 Å². The van der Waals surface area contributed by atoms with Crippen LogP contribution in [0.4, 0.5) is 0 Å². The monoisotopic (exact) mass is 213 g/mol. The lowest BCUT2D eigenvalue weighted by Crippen LogP contribution is -2.29. The maximum absolute atomic E-state index is 5.69. The molecule has 1 N–H and O–H groups in total. The average Bonchev–Trinajstić information content (AvgIpc) is 2.57. The summed E-state index contributed by atoms with van der Waals surface area (Å²) in [5, 5.41) is 3.34. The molecular weight excluding hydrogens is 190 g/mol. The van der Waals surface area contributed by atoms with Crippen molar-refractivity contribution in [2.45, 2.75) is 38.9 Å². The molecule has 0 aromatic heterocycles. The molecule has 1 fully saturated rings. The largest absolute Gasteiger partial charge is 0.376 e. The lowest BCUT2D eigenvalue weighted by Gasteiger charge is -2.12. The lowest BCUT2D eigenvalue weighted by molar-refractivity contribution is 0.0545. The van der Waals surface area contributed by atoms with Crippen LogP contribution in [-0.2, 0) is 9.47 Å².